The molecule has 0 aliphatic heterocycles. The lowest BCUT2D eigenvalue weighted by molar-refractivity contribution is -0.129. The number of hydrogen-bond donors (Lipinski definition) is 1. The molecular weight excluding hydrogens is 230 g/mol. The predicted molar refractivity (Wildman–Crippen MR) is 71.2 cm³/mol. The van der Waals surface area contributed by atoms with E-state index in [0.29, 0.717) is 11.3 Å². The zero-order valence-electron chi connectivity index (χ0n) is 11.2. The molecule has 0 heterocycles. The second-order valence-corrected chi connectivity index (χ2v) is 4.52. The zero-order chi connectivity index (χ0) is 13.9. The first-order valence-corrected chi connectivity index (χ1v) is 5.64. The number of aryl methyl sites for hydroxylation is 1. The third kappa shape index (κ3) is 3.23. The number of nitrogens with two attached hydrogens (primary N) is 1. The number of nitrogens with zero attached hydrogens (tertiary/aromatic N) is 2. The van der Waals surface area contributed by atoms with Crippen molar-refractivity contribution in [2.75, 3.05) is 33.4 Å². The van der Waals surface area contributed by atoms with Crippen LogP contribution in [0.25, 0.3) is 0 Å². The molecule has 0 spiro atoms. The monoisotopic (exact) mass is 249 g/mol. The number of carbonyl (C=O) groups excluding carboxylic acids is 2. The summed E-state index contributed by atoms with van der Waals surface area (Å²) in [6.07, 6.45) is 0. The topological polar surface area (TPSA) is 66.6 Å². The van der Waals surface area contributed by atoms with Gasteiger partial charge in [0, 0.05) is 32.4 Å². The maximum Gasteiger partial charge on any atom is 0.254 e. The van der Waals surface area contributed by atoms with Crippen molar-refractivity contribution in [2.24, 2.45) is 0 Å². The Morgan fingerprint density at radius 2 is 1.83 bits per heavy atom. The molecule has 0 saturated carbocycles. The van der Waals surface area contributed by atoms with Crippen molar-refractivity contribution < 1.29 is 9.59 Å². The van der Waals surface area contributed by atoms with Crippen LogP contribution in [0.1, 0.15) is 15.9 Å². The molecule has 0 aliphatic rings. The summed E-state index contributed by atoms with van der Waals surface area (Å²) in [6.45, 7) is 1.93. The van der Waals surface area contributed by atoms with E-state index < -0.39 is 0 Å². The molecule has 2 N–H and O–H groups in total. The fourth-order valence-electron chi connectivity index (χ4n) is 1.41. The van der Waals surface area contributed by atoms with Crippen LogP contribution in [-0.2, 0) is 4.79 Å². The molecule has 0 atom stereocenters. The van der Waals surface area contributed by atoms with Gasteiger partial charge >= 0.3 is 0 Å². The van der Waals surface area contributed by atoms with Gasteiger partial charge in [0.2, 0.25) is 5.91 Å². The Labute approximate surface area is 107 Å². The van der Waals surface area contributed by atoms with Crippen LogP contribution >= 0.6 is 0 Å². The summed E-state index contributed by atoms with van der Waals surface area (Å²) >= 11 is 0. The van der Waals surface area contributed by atoms with Crippen molar-refractivity contribution in [3.05, 3.63) is 29.3 Å². The standard InChI is InChI=1S/C13H19N3O2/c1-9-5-6-10(7-11(9)14)13(18)16(4)8-12(17)15(2)3/h5-7H,8,14H2,1-4H3. The lowest BCUT2D eigenvalue weighted by Crippen LogP contribution is -2.37. The highest BCUT2D eigenvalue weighted by molar-refractivity contribution is 5.97. The van der Waals surface area contributed by atoms with E-state index in [4.69, 9.17) is 5.73 Å². The fourth-order valence-corrected chi connectivity index (χ4v) is 1.41. The quantitative estimate of drug-likeness (QED) is 0.803. The molecule has 0 aromatic heterocycles. The summed E-state index contributed by atoms with van der Waals surface area (Å²) in [6, 6.07) is 5.14. The normalized spacial score (nSPS) is 10.0. The van der Waals surface area contributed by atoms with E-state index >= 15 is 0 Å². The number of nitrogen functional groups attached to an aromatic ring is 1. The van der Waals surface area contributed by atoms with Crippen LogP contribution in [0.2, 0.25) is 0 Å². The van der Waals surface area contributed by atoms with Gasteiger partial charge in [-0.05, 0) is 24.6 Å². The Bertz CT molecular complexity index is 469. The van der Waals surface area contributed by atoms with Crippen LogP contribution in [-0.4, -0.2) is 49.3 Å². The number of amides is 2. The summed E-state index contributed by atoms with van der Waals surface area (Å²) in [5, 5.41) is 0. The van der Waals surface area contributed by atoms with Gasteiger partial charge in [0.25, 0.3) is 5.91 Å². The van der Waals surface area contributed by atoms with E-state index in [1.165, 1.54) is 9.80 Å². The molecule has 5 nitrogen and oxygen atoms in total. The molecule has 0 bridgehead atoms. The number of carbonyl (C=O) groups is 2. The minimum Gasteiger partial charge on any atom is -0.398 e. The highest BCUT2D eigenvalue weighted by Crippen LogP contribution is 2.14. The van der Waals surface area contributed by atoms with Crippen LogP contribution in [0.4, 0.5) is 5.69 Å². The summed E-state index contributed by atoms with van der Waals surface area (Å²) in [5.41, 5.74) is 7.76. The number of anilines is 1. The van der Waals surface area contributed by atoms with Gasteiger partial charge in [-0.15, -0.1) is 0 Å². The highest BCUT2D eigenvalue weighted by atomic mass is 16.2. The molecule has 2 amide bonds. The minimum atomic E-state index is -0.211. The Balaban J connectivity index is 2.80. The van der Waals surface area contributed by atoms with Crippen molar-refractivity contribution in [3.63, 3.8) is 0 Å². The molecule has 0 radical (unpaired) electrons. The van der Waals surface area contributed by atoms with Gasteiger partial charge in [-0.3, -0.25) is 9.59 Å². The Hall–Kier alpha value is -2.04. The van der Waals surface area contributed by atoms with E-state index in [1.807, 2.05) is 6.92 Å². The van der Waals surface area contributed by atoms with Gasteiger partial charge in [-0.25, -0.2) is 0 Å². The summed E-state index contributed by atoms with van der Waals surface area (Å²) in [5.74, 6) is -0.331. The molecule has 1 aromatic carbocycles. The molecule has 0 saturated heterocycles. The second kappa shape index (κ2) is 5.53. The van der Waals surface area contributed by atoms with Crippen molar-refractivity contribution >= 4 is 17.5 Å². The van der Waals surface area contributed by atoms with Gasteiger partial charge < -0.3 is 15.5 Å². The molecule has 1 aromatic rings. The zero-order valence-corrected chi connectivity index (χ0v) is 11.2. The Kier molecular flexibility index (Phi) is 4.31. The SMILES string of the molecule is Cc1ccc(C(=O)N(C)CC(=O)N(C)C)cc1N. The van der Waals surface area contributed by atoms with Gasteiger partial charge in [-0.2, -0.15) is 0 Å². The maximum absolute atomic E-state index is 12.1. The third-order valence-electron chi connectivity index (χ3n) is 2.74. The van der Waals surface area contributed by atoms with E-state index in [2.05, 4.69) is 0 Å². The first-order chi connectivity index (χ1) is 8.32. The molecule has 0 unspecified atom stereocenters. The Morgan fingerprint density at radius 3 is 2.33 bits per heavy atom. The van der Waals surface area contributed by atoms with Crippen molar-refractivity contribution in [2.45, 2.75) is 6.92 Å². The van der Waals surface area contributed by atoms with Crippen molar-refractivity contribution in [1.29, 1.82) is 0 Å². The van der Waals surface area contributed by atoms with Gasteiger partial charge in [0.1, 0.15) is 0 Å². The third-order valence-corrected chi connectivity index (χ3v) is 2.74. The highest BCUT2D eigenvalue weighted by Gasteiger charge is 2.16. The summed E-state index contributed by atoms with van der Waals surface area (Å²) in [4.78, 5) is 26.4. The number of hydrogen-bond acceptors (Lipinski definition) is 3. The summed E-state index contributed by atoms with van der Waals surface area (Å²) in [7, 11) is 4.91. The molecule has 18 heavy (non-hydrogen) atoms. The number of rotatable bonds is 3. The molecular formula is C13H19N3O2. The van der Waals surface area contributed by atoms with Gasteiger partial charge in [-0.1, -0.05) is 6.07 Å². The average Bonchev–Trinajstić information content (AvgIpc) is 2.31. The molecule has 0 aliphatic carbocycles. The molecule has 98 valence electrons. The molecule has 0 fully saturated rings. The lowest BCUT2D eigenvalue weighted by atomic mass is 10.1. The minimum absolute atomic E-state index is 0.0552. The van der Waals surface area contributed by atoms with Crippen LogP contribution in [0.15, 0.2) is 18.2 Å². The predicted octanol–water partition coefficient (Wildman–Crippen LogP) is 0.737. The van der Waals surface area contributed by atoms with E-state index in [9.17, 15) is 9.59 Å². The van der Waals surface area contributed by atoms with Gasteiger partial charge in [0.15, 0.2) is 0 Å². The number of benzene rings is 1. The molecule has 5 heteroatoms. The fraction of sp³-hybridized carbons (Fsp3) is 0.385. The second-order valence-electron chi connectivity index (χ2n) is 4.52. The average molecular weight is 249 g/mol. The summed E-state index contributed by atoms with van der Waals surface area (Å²) < 4.78 is 0. The van der Waals surface area contributed by atoms with Crippen LogP contribution in [0.3, 0.4) is 0 Å². The van der Waals surface area contributed by atoms with Crippen molar-refractivity contribution in [1.82, 2.24) is 9.80 Å². The van der Waals surface area contributed by atoms with Crippen molar-refractivity contribution in [3.8, 4) is 0 Å². The maximum atomic E-state index is 12.1. The first-order valence-electron chi connectivity index (χ1n) is 5.64. The Morgan fingerprint density at radius 1 is 1.22 bits per heavy atom. The lowest BCUT2D eigenvalue weighted by Gasteiger charge is -2.19. The number of likely N-dealkylation sites (N-methyl/N-ethyl adjacent to an activating group) is 2. The van der Waals surface area contributed by atoms with E-state index in [-0.39, 0.29) is 18.4 Å². The van der Waals surface area contributed by atoms with Gasteiger partial charge in [0.05, 0.1) is 6.54 Å². The van der Waals surface area contributed by atoms with Crippen LogP contribution < -0.4 is 5.73 Å². The molecule has 1 rings (SSSR count). The van der Waals surface area contributed by atoms with E-state index in [1.54, 1.807) is 39.3 Å². The van der Waals surface area contributed by atoms with E-state index in [0.717, 1.165) is 5.56 Å². The first kappa shape index (κ1) is 14.0. The van der Waals surface area contributed by atoms with Crippen LogP contribution in [0, 0.1) is 6.92 Å². The van der Waals surface area contributed by atoms with Crippen LogP contribution in [0.5, 0.6) is 0 Å². The smallest absolute Gasteiger partial charge is 0.254 e. The largest absolute Gasteiger partial charge is 0.398 e.